The molecule has 0 saturated heterocycles. The Balaban J connectivity index is 2.24. The van der Waals surface area contributed by atoms with Crippen LogP contribution < -0.4 is 9.63 Å². The molecule has 2 aromatic rings. The number of benzene rings is 1. The number of likely N-dealkylation sites (N-methyl/N-ethyl adjacent to an activating group) is 1. The first-order valence-corrected chi connectivity index (χ1v) is 7.93. The highest BCUT2D eigenvalue weighted by Crippen LogP contribution is 2.16. The fraction of sp³-hybridized carbons (Fsp3) is 0.333. The first-order valence-electron chi connectivity index (χ1n) is 7.93. The number of carbonyl (C=O) groups excluding carboxylic acids is 1. The van der Waals surface area contributed by atoms with Crippen LogP contribution in [0.2, 0.25) is 0 Å². The summed E-state index contributed by atoms with van der Waals surface area (Å²) in [6, 6.07) is 12.8. The van der Waals surface area contributed by atoms with Crippen LogP contribution in [-0.4, -0.2) is 37.0 Å². The van der Waals surface area contributed by atoms with E-state index in [2.05, 4.69) is 18.7 Å². The third-order valence-electron chi connectivity index (χ3n) is 3.87. The molecule has 1 amide bonds. The van der Waals surface area contributed by atoms with Crippen molar-refractivity contribution < 1.29 is 9.52 Å². The van der Waals surface area contributed by atoms with Crippen molar-refractivity contribution in [3.8, 4) is 0 Å². The molecule has 0 N–H and O–H groups in total. The highest BCUT2D eigenvalue weighted by molar-refractivity contribution is 6.05. The van der Waals surface area contributed by atoms with Gasteiger partial charge in [0, 0.05) is 24.8 Å². The molecule has 23 heavy (non-hydrogen) atoms. The Morgan fingerprint density at radius 1 is 1.04 bits per heavy atom. The van der Waals surface area contributed by atoms with Crippen molar-refractivity contribution in [1.29, 1.82) is 0 Å². The molecule has 1 aromatic heterocycles. The lowest BCUT2D eigenvalue weighted by molar-refractivity contribution is -0.605. The Labute approximate surface area is 137 Å². The molecule has 122 valence electrons. The van der Waals surface area contributed by atoms with Crippen molar-refractivity contribution in [1.82, 2.24) is 4.90 Å². The van der Waals surface area contributed by atoms with Crippen LogP contribution >= 0.6 is 0 Å². The van der Waals surface area contributed by atoms with Gasteiger partial charge in [0.1, 0.15) is 5.56 Å². The minimum absolute atomic E-state index is 0.159. The zero-order chi connectivity index (χ0) is 16.7. The molecule has 1 heterocycles. The van der Waals surface area contributed by atoms with Crippen molar-refractivity contribution in [2.45, 2.75) is 13.8 Å². The van der Waals surface area contributed by atoms with E-state index in [1.54, 1.807) is 17.0 Å². The standard InChI is InChI=1S/C18H23N3O2/c1-3-19(4-2)13-14-21(17-10-6-5-7-11-17)18(22)16-9-8-12-20(23)15-16/h5-12,15H,3-4,13-14H2,1-2H3. The molecule has 0 aliphatic carbocycles. The first kappa shape index (κ1) is 17.0. The van der Waals surface area contributed by atoms with Gasteiger partial charge in [-0.15, -0.1) is 0 Å². The maximum Gasteiger partial charge on any atom is 0.264 e. The van der Waals surface area contributed by atoms with Gasteiger partial charge in [-0.2, -0.15) is 4.73 Å². The van der Waals surface area contributed by atoms with E-state index in [0.29, 0.717) is 16.8 Å². The lowest BCUT2D eigenvalue weighted by Crippen LogP contribution is -2.39. The molecule has 2 rings (SSSR count). The van der Waals surface area contributed by atoms with Crippen LogP contribution in [0.3, 0.4) is 0 Å². The zero-order valence-corrected chi connectivity index (χ0v) is 13.7. The summed E-state index contributed by atoms with van der Waals surface area (Å²) in [5.41, 5.74) is 1.23. The van der Waals surface area contributed by atoms with E-state index in [1.807, 2.05) is 30.3 Å². The van der Waals surface area contributed by atoms with Gasteiger partial charge in [-0.3, -0.25) is 4.79 Å². The summed E-state index contributed by atoms with van der Waals surface area (Å²) >= 11 is 0. The van der Waals surface area contributed by atoms with Gasteiger partial charge in [0.05, 0.1) is 0 Å². The number of carbonyl (C=O) groups is 1. The van der Waals surface area contributed by atoms with Crippen LogP contribution in [0.1, 0.15) is 24.2 Å². The third-order valence-corrected chi connectivity index (χ3v) is 3.87. The van der Waals surface area contributed by atoms with E-state index in [4.69, 9.17) is 0 Å². The van der Waals surface area contributed by atoms with E-state index in [9.17, 15) is 10.0 Å². The molecule has 0 fully saturated rings. The van der Waals surface area contributed by atoms with Gasteiger partial charge in [-0.1, -0.05) is 32.0 Å². The van der Waals surface area contributed by atoms with Crippen LogP contribution in [-0.2, 0) is 0 Å². The van der Waals surface area contributed by atoms with Gasteiger partial charge in [-0.05, 0) is 31.3 Å². The fourth-order valence-corrected chi connectivity index (χ4v) is 2.47. The summed E-state index contributed by atoms with van der Waals surface area (Å²) < 4.78 is 0.654. The second-order valence-electron chi connectivity index (χ2n) is 5.27. The Hall–Kier alpha value is -2.40. The van der Waals surface area contributed by atoms with E-state index < -0.39 is 0 Å². The number of pyridine rings is 1. The molecule has 0 atom stereocenters. The summed E-state index contributed by atoms with van der Waals surface area (Å²) in [5, 5.41) is 11.5. The SMILES string of the molecule is CCN(CC)CCN(C(=O)c1ccc[n+]([O-])c1)c1ccccc1. The van der Waals surface area contributed by atoms with Gasteiger partial charge in [0.2, 0.25) is 0 Å². The zero-order valence-electron chi connectivity index (χ0n) is 13.7. The molecule has 1 aromatic carbocycles. The number of aromatic nitrogens is 1. The van der Waals surface area contributed by atoms with Crippen molar-refractivity contribution in [3.63, 3.8) is 0 Å². The monoisotopic (exact) mass is 313 g/mol. The summed E-state index contributed by atoms with van der Waals surface area (Å²) in [7, 11) is 0. The predicted molar refractivity (Wildman–Crippen MR) is 91.3 cm³/mol. The highest BCUT2D eigenvalue weighted by atomic mass is 16.5. The largest absolute Gasteiger partial charge is 0.619 e. The Bertz CT molecular complexity index is 627. The Morgan fingerprint density at radius 3 is 2.35 bits per heavy atom. The van der Waals surface area contributed by atoms with E-state index in [1.165, 1.54) is 12.4 Å². The van der Waals surface area contributed by atoms with Crippen molar-refractivity contribution in [3.05, 3.63) is 65.6 Å². The molecule has 0 unspecified atom stereocenters. The predicted octanol–water partition coefficient (Wildman–Crippen LogP) is 2.31. The smallest absolute Gasteiger partial charge is 0.264 e. The van der Waals surface area contributed by atoms with Crippen LogP contribution in [0.5, 0.6) is 0 Å². The van der Waals surface area contributed by atoms with Gasteiger partial charge < -0.3 is 15.0 Å². The van der Waals surface area contributed by atoms with Crippen molar-refractivity contribution in [2.24, 2.45) is 0 Å². The normalized spacial score (nSPS) is 10.7. The second kappa shape index (κ2) is 8.29. The fourth-order valence-electron chi connectivity index (χ4n) is 2.47. The van der Waals surface area contributed by atoms with Crippen LogP contribution in [0, 0.1) is 5.21 Å². The Kier molecular flexibility index (Phi) is 6.11. The number of para-hydroxylation sites is 1. The maximum atomic E-state index is 12.8. The average molecular weight is 313 g/mol. The lowest BCUT2D eigenvalue weighted by atomic mass is 10.2. The Morgan fingerprint density at radius 2 is 1.74 bits per heavy atom. The topological polar surface area (TPSA) is 50.5 Å². The minimum atomic E-state index is -0.159. The molecule has 5 nitrogen and oxygen atoms in total. The van der Waals surface area contributed by atoms with Gasteiger partial charge in [0.15, 0.2) is 12.4 Å². The molecule has 0 spiro atoms. The van der Waals surface area contributed by atoms with Crippen molar-refractivity contribution >= 4 is 11.6 Å². The third kappa shape index (κ3) is 4.53. The number of nitrogens with zero attached hydrogens (tertiary/aromatic N) is 3. The quantitative estimate of drug-likeness (QED) is 0.582. The molecule has 0 radical (unpaired) electrons. The molecule has 5 heteroatoms. The molecule has 0 aliphatic heterocycles. The minimum Gasteiger partial charge on any atom is -0.619 e. The number of amides is 1. The van der Waals surface area contributed by atoms with Gasteiger partial charge in [-0.25, -0.2) is 0 Å². The van der Waals surface area contributed by atoms with Crippen LogP contribution in [0.4, 0.5) is 5.69 Å². The molecular formula is C18H23N3O2. The second-order valence-corrected chi connectivity index (χ2v) is 5.27. The number of hydrogen-bond donors (Lipinski definition) is 0. The van der Waals surface area contributed by atoms with E-state index in [0.717, 1.165) is 25.3 Å². The first-order chi connectivity index (χ1) is 11.2. The van der Waals surface area contributed by atoms with Crippen molar-refractivity contribution in [2.75, 3.05) is 31.1 Å². The number of rotatable bonds is 7. The van der Waals surface area contributed by atoms with Crippen LogP contribution in [0.15, 0.2) is 54.9 Å². The number of hydrogen-bond acceptors (Lipinski definition) is 3. The van der Waals surface area contributed by atoms with E-state index in [-0.39, 0.29) is 5.91 Å². The molecular weight excluding hydrogens is 290 g/mol. The lowest BCUT2D eigenvalue weighted by Gasteiger charge is -2.26. The van der Waals surface area contributed by atoms with Gasteiger partial charge in [0.25, 0.3) is 5.91 Å². The highest BCUT2D eigenvalue weighted by Gasteiger charge is 2.20. The molecule has 0 bridgehead atoms. The maximum absolute atomic E-state index is 12.8. The summed E-state index contributed by atoms with van der Waals surface area (Å²) in [5.74, 6) is -0.159. The summed E-state index contributed by atoms with van der Waals surface area (Å²) in [6.07, 6.45) is 2.69. The van der Waals surface area contributed by atoms with Crippen LogP contribution in [0.25, 0.3) is 0 Å². The average Bonchev–Trinajstić information content (AvgIpc) is 2.59. The van der Waals surface area contributed by atoms with Gasteiger partial charge >= 0.3 is 0 Å². The number of anilines is 1. The molecule has 0 aliphatic rings. The van der Waals surface area contributed by atoms with E-state index >= 15 is 0 Å². The summed E-state index contributed by atoms with van der Waals surface area (Å²) in [4.78, 5) is 16.8. The molecule has 0 saturated carbocycles. The summed E-state index contributed by atoms with van der Waals surface area (Å²) in [6.45, 7) is 7.47.